The van der Waals surface area contributed by atoms with Gasteiger partial charge in [-0.05, 0) is 39.7 Å². The first-order valence-electron chi connectivity index (χ1n) is 7.57. The molecular weight excluding hydrogens is 300 g/mol. The molecule has 0 radical (unpaired) electrons. The summed E-state index contributed by atoms with van der Waals surface area (Å²) in [5.41, 5.74) is -0.465. The number of carboxylic acid groups (broad SMARTS) is 1. The molecule has 1 aliphatic rings. The average Bonchev–Trinajstić information content (AvgIpc) is 2.46. The first-order valence-corrected chi connectivity index (χ1v) is 7.57. The van der Waals surface area contributed by atoms with Gasteiger partial charge in [0.25, 0.3) is 0 Å². The molecule has 1 fully saturated rings. The molecule has 0 aliphatic carbocycles. The lowest BCUT2D eigenvalue weighted by molar-refractivity contribution is 0.00772. The van der Waals surface area contributed by atoms with Gasteiger partial charge in [-0.3, -0.25) is 4.98 Å². The highest BCUT2D eigenvalue weighted by atomic mass is 16.6. The molecule has 2 heterocycles. The molecule has 1 aromatic heterocycles. The van der Waals surface area contributed by atoms with Crippen molar-refractivity contribution in [3.05, 3.63) is 24.0 Å². The third-order valence-corrected chi connectivity index (χ3v) is 3.29. The Kier molecular flexibility index (Phi) is 5.08. The minimum Gasteiger partial charge on any atom is -0.487 e. The highest BCUT2D eigenvalue weighted by Crippen LogP contribution is 2.20. The van der Waals surface area contributed by atoms with Crippen LogP contribution in [-0.4, -0.2) is 51.8 Å². The minimum atomic E-state index is -1.05. The van der Waals surface area contributed by atoms with Crippen LogP contribution in [-0.2, 0) is 4.74 Å². The molecule has 2 rings (SSSR count). The van der Waals surface area contributed by atoms with Gasteiger partial charge in [0.1, 0.15) is 17.5 Å². The summed E-state index contributed by atoms with van der Waals surface area (Å²) in [6.45, 7) is 6.51. The van der Waals surface area contributed by atoms with E-state index in [2.05, 4.69) is 4.98 Å². The van der Waals surface area contributed by atoms with Crippen LogP contribution in [0.3, 0.4) is 0 Å². The third-order valence-electron chi connectivity index (χ3n) is 3.29. The molecule has 0 spiro atoms. The van der Waals surface area contributed by atoms with Gasteiger partial charge in [0.05, 0.1) is 18.3 Å². The first kappa shape index (κ1) is 17.1. The Hall–Kier alpha value is -2.31. The second kappa shape index (κ2) is 6.85. The number of aromatic nitrogens is 1. The van der Waals surface area contributed by atoms with Crippen LogP contribution in [0.25, 0.3) is 0 Å². The second-order valence-corrected chi connectivity index (χ2v) is 6.52. The number of aromatic carboxylic acids is 1. The Bertz CT molecular complexity index is 582. The molecule has 23 heavy (non-hydrogen) atoms. The van der Waals surface area contributed by atoms with Crippen LogP contribution >= 0.6 is 0 Å². The molecule has 7 nitrogen and oxygen atoms in total. The Labute approximate surface area is 135 Å². The molecule has 1 aromatic rings. The molecule has 1 aliphatic heterocycles. The fourth-order valence-electron chi connectivity index (χ4n) is 2.32. The molecule has 1 atom stereocenters. The Morgan fingerprint density at radius 1 is 1.35 bits per heavy atom. The van der Waals surface area contributed by atoms with Crippen molar-refractivity contribution in [2.24, 2.45) is 0 Å². The fraction of sp³-hybridized carbons (Fsp3) is 0.562. The predicted molar refractivity (Wildman–Crippen MR) is 82.7 cm³/mol. The molecule has 1 amide bonds. The van der Waals surface area contributed by atoms with E-state index in [0.717, 1.165) is 12.8 Å². The summed E-state index contributed by atoms with van der Waals surface area (Å²) >= 11 is 0. The summed E-state index contributed by atoms with van der Waals surface area (Å²) in [5.74, 6) is -0.664. The first-order chi connectivity index (χ1) is 10.7. The average molecular weight is 322 g/mol. The Balaban J connectivity index is 1.97. The van der Waals surface area contributed by atoms with Crippen LogP contribution in [0.1, 0.15) is 44.0 Å². The Morgan fingerprint density at radius 3 is 2.74 bits per heavy atom. The van der Waals surface area contributed by atoms with Gasteiger partial charge in [-0.25, -0.2) is 9.59 Å². The second-order valence-electron chi connectivity index (χ2n) is 6.52. The van der Waals surface area contributed by atoms with Gasteiger partial charge in [-0.1, -0.05) is 0 Å². The van der Waals surface area contributed by atoms with E-state index in [9.17, 15) is 9.59 Å². The van der Waals surface area contributed by atoms with Crippen LogP contribution in [0.4, 0.5) is 4.79 Å². The van der Waals surface area contributed by atoms with E-state index in [-0.39, 0.29) is 17.8 Å². The summed E-state index contributed by atoms with van der Waals surface area (Å²) in [6, 6.07) is 1.43. The largest absolute Gasteiger partial charge is 0.487 e. The number of carboxylic acids is 1. The number of hydrogen-bond donors (Lipinski definition) is 1. The number of amides is 1. The topological polar surface area (TPSA) is 89.0 Å². The molecule has 1 N–H and O–H groups in total. The van der Waals surface area contributed by atoms with Gasteiger partial charge in [-0.15, -0.1) is 0 Å². The monoisotopic (exact) mass is 322 g/mol. The van der Waals surface area contributed by atoms with Crippen LogP contribution in [0, 0.1) is 0 Å². The van der Waals surface area contributed by atoms with E-state index in [0.29, 0.717) is 18.8 Å². The molecule has 0 bridgehead atoms. The van der Waals surface area contributed by atoms with Crippen molar-refractivity contribution >= 4 is 12.1 Å². The fourth-order valence-corrected chi connectivity index (χ4v) is 2.32. The van der Waals surface area contributed by atoms with Crippen molar-refractivity contribution in [1.29, 1.82) is 0 Å². The van der Waals surface area contributed by atoms with Crippen molar-refractivity contribution in [2.45, 2.75) is 45.3 Å². The van der Waals surface area contributed by atoms with Crippen molar-refractivity contribution < 1.29 is 24.2 Å². The summed E-state index contributed by atoms with van der Waals surface area (Å²) in [5, 5.41) is 8.97. The minimum absolute atomic E-state index is 0.0716. The normalized spacial score (nSPS) is 18.4. The lowest BCUT2D eigenvalue weighted by atomic mass is 10.1. The number of nitrogens with zero attached hydrogens (tertiary/aromatic N) is 2. The quantitative estimate of drug-likeness (QED) is 0.920. The third kappa shape index (κ3) is 5.12. The lowest BCUT2D eigenvalue weighted by Gasteiger charge is -2.34. The van der Waals surface area contributed by atoms with Crippen LogP contribution in [0.5, 0.6) is 5.75 Å². The SMILES string of the molecule is CC(C)(C)OC(=O)N1CCC[C@@H](Oc2cncc(C(=O)O)c2)C1. The summed E-state index contributed by atoms with van der Waals surface area (Å²) in [6.07, 6.45) is 3.76. The number of ether oxygens (including phenoxy) is 2. The van der Waals surface area contributed by atoms with E-state index in [1.54, 1.807) is 4.90 Å². The molecule has 0 saturated carbocycles. The van der Waals surface area contributed by atoms with E-state index in [4.69, 9.17) is 14.6 Å². The zero-order valence-electron chi connectivity index (χ0n) is 13.6. The van der Waals surface area contributed by atoms with E-state index >= 15 is 0 Å². The number of pyridine rings is 1. The zero-order valence-corrected chi connectivity index (χ0v) is 13.6. The van der Waals surface area contributed by atoms with Gasteiger partial charge in [0.2, 0.25) is 0 Å². The lowest BCUT2D eigenvalue weighted by Crippen LogP contribution is -2.46. The maximum atomic E-state index is 12.1. The Morgan fingerprint density at radius 2 is 2.09 bits per heavy atom. The number of hydrogen-bond acceptors (Lipinski definition) is 5. The molecule has 0 aromatic carbocycles. The smallest absolute Gasteiger partial charge is 0.410 e. The van der Waals surface area contributed by atoms with E-state index in [1.165, 1.54) is 18.5 Å². The summed E-state index contributed by atoms with van der Waals surface area (Å²) < 4.78 is 11.1. The van der Waals surface area contributed by atoms with Crippen molar-refractivity contribution in [2.75, 3.05) is 13.1 Å². The number of carbonyl (C=O) groups is 2. The standard InChI is InChI=1S/C16H22N2O5/c1-16(2,3)23-15(21)18-6-4-5-12(10-18)22-13-7-11(14(19)20)8-17-9-13/h7-9,12H,4-6,10H2,1-3H3,(H,19,20)/t12-/m1/s1. The molecule has 1 saturated heterocycles. The molecule has 7 heteroatoms. The van der Waals surface area contributed by atoms with Crippen molar-refractivity contribution in [1.82, 2.24) is 9.88 Å². The van der Waals surface area contributed by atoms with Gasteiger partial charge >= 0.3 is 12.1 Å². The highest BCUT2D eigenvalue weighted by Gasteiger charge is 2.28. The molecule has 0 unspecified atom stereocenters. The summed E-state index contributed by atoms with van der Waals surface area (Å²) in [7, 11) is 0. The van der Waals surface area contributed by atoms with Gasteiger partial charge < -0.3 is 19.5 Å². The van der Waals surface area contributed by atoms with Crippen molar-refractivity contribution in [3.8, 4) is 5.75 Å². The van der Waals surface area contributed by atoms with Gasteiger partial charge in [-0.2, -0.15) is 0 Å². The maximum absolute atomic E-state index is 12.1. The van der Waals surface area contributed by atoms with Gasteiger partial charge in [0, 0.05) is 12.7 Å². The van der Waals surface area contributed by atoms with E-state index in [1.807, 2.05) is 20.8 Å². The maximum Gasteiger partial charge on any atom is 0.410 e. The number of piperidine rings is 1. The number of carbonyl (C=O) groups excluding carboxylic acids is 1. The predicted octanol–water partition coefficient (Wildman–Crippen LogP) is 2.56. The highest BCUT2D eigenvalue weighted by molar-refractivity contribution is 5.87. The van der Waals surface area contributed by atoms with Gasteiger partial charge in [0.15, 0.2) is 0 Å². The zero-order chi connectivity index (χ0) is 17.0. The van der Waals surface area contributed by atoms with E-state index < -0.39 is 11.6 Å². The van der Waals surface area contributed by atoms with Crippen molar-refractivity contribution in [3.63, 3.8) is 0 Å². The molecular formula is C16H22N2O5. The van der Waals surface area contributed by atoms with Crippen LogP contribution < -0.4 is 4.74 Å². The van der Waals surface area contributed by atoms with Crippen LogP contribution in [0.2, 0.25) is 0 Å². The van der Waals surface area contributed by atoms with Crippen LogP contribution in [0.15, 0.2) is 18.5 Å². The molecule has 126 valence electrons. The number of likely N-dealkylation sites (tertiary alicyclic amines) is 1. The summed E-state index contributed by atoms with van der Waals surface area (Å²) in [4.78, 5) is 28.5. The number of rotatable bonds is 3.